The van der Waals surface area contributed by atoms with E-state index in [1.54, 1.807) is 17.0 Å². The molecule has 0 bridgehead atoms. The number of nitrogens with zero attached hydrogens (tertiary/aromatic N) is 6. The minimum atomic E-state index is -0.206. The first-order valence-corrected chi connectivity index (χ1v) is 13.7. The highest BCUT2D eigenvalue weighted by molar-refractivity contribution is 6.35. The van der Waals surface area contributed by atoms with E-state index in [1.165, 1.54) is 14.2 Å². The molecule has 10 nitrogen and oxygen atoms in total. The Bertz CT molecular complexity index is 1650. The number of methoxy groups -OCH3 is 2. The number of imidazole rings is 1. The van der Waals surface area contributed by atoms with E-state index in [0.717, 1.165) is 34.4 Å². The molecule has 11 heteroatoms. The monoisotopic (exact) mass is 573 g/mol. The molecule has 2 heterocycles. The highest BCUT2D eigenvalue weighted by Crippen LogP contribution is 2.38. The number of benzene rings is 3. The van der Waals surface area contributed by atoms with Crippen LogP contribution >= 0.6 is 11.6 Å². The molecule has 5 rings (SSSR count). The molecule has 41 heavy (non-hydrogen) atoms. The van der Waals surface area contributed by atoms with E-state index in [2.05, 4.69) is 39.0 Å². The Labute approximate surface area is 243 Å². The molecule has 0 fully saturated rings. The third-order valence-electron chi connectivity index (χ3n) is 6.98. The highest BCUT2D eigenvalue weighted by Gasteiger charge is 2.25. The summed E-state index contributed by atoms with van der Waals surface area (Å²) in [7, 11) is 3.04. The molecule has 3 aromatic carbocycles. The molecular weight excluding hydrogens is 542 g/mol. The van der Waals surface area contributed by atoms with Crippen LogP contribution in [0.1, 0.15) is 42.0 Å². The van der Waals surface area contributed by atoms with Crippen LogP contribution < -0.4 is 9.47 Å². The molecular formula is C30H32ClN7O3. The number of rotatable bonds is 11. The summed E-state index contributed by atoms with van der Waals surface area (Å²) in [5.41, 5.74) is 4.03. The molecule has 0 aliphatic rings. The molecule has 1 amide bonds. The minimum Gasteiger partial charge on any atom is -0.493 e. The van der Waals surface area contributed by atoms with Gasteiger partial charge >= 0.3 is 0 Å². The topological polar surface area (TPSA) is 111 Å². The first-order chi connectivity index (χ1) is 19.9. The standard InChI is InChI=1S/C30H32ClN7O3/c1-19(2)15-16-37(30(39)22-13-14-25(40-3)28(41-4)27(22)31)18-26-32-23-11-7-8-12-24(23)38(26)17-20-9-5-6-10-21(20)29-33-35-36-34-29/h5-14,19H,15-18H2,1-4H3,(H,33,34,35,36). The summed E-state index contributed by atoms with van der Waals surface area (Å²) in [4.78, 5) is 20.8. The Balaban J connectivity index is 1.55. The second kappa shape index (κ2) is 12.4. The maximum atomic E-state index is 14.0. The second-order valence-electron chi connectivity index (χ2n) is 10.1. The minimum absolute atomic E-state index is 0.206. The summed E-state index contributed by atoms with van der Waals surface area (Å²) >= 11 is 6.67. The number of tetrazole rings is 1. The Hall–Kier alpha value is -4.44. The van der Waals surface area contributed by atoms with Crippen molar-refractivity contribution in [1.29, 1.82) is 0 Å². The number of aromatic amines is 1. The van der Waals surface area contributed by atoms with E-state index in [0.29, 0.717) is 41.9 Å². The van der Waals surface area contributed by atoms with Gasteiger partial charge < -0.3 is 18.9 Å². The molecule has 0 spiro atoms. The molecule has 0 aliphatic heterocycles. The number of carbonyl (C=O) groups excluding carboxylic acids is 1. The van der Waals surface area contributed by atoms with Crippen molar-refractivity contribution in [2.45, 2.75) is 33.4 Å². The summed E-state index contributed by atoms with van der Waals surface area (Å²) < 4.78 is 13.0. The molecule has 0 atom stereocenters. The van der Waals surface area contributed by atoms with Crippen LogP contribution in [0.4, 0.5) is 0 Å². The average molecular weight is 574 g/mol. The van der Waals surface area contributed by atoms with Crippen LogP contribution in [0.3, 0.4) is 0 Å². The number of amides is 1. The molecule has 0 saturated carbocycles. The third kappa shape index (κ3) is 5.88. The molecule has 1 N–H and O–H groups in total. The van der Waals surface area contributed by atoms with Crippen LogP contribution in [-0.2, 0) is 13.1 Å². The van der Waals surface area contributed by atoms with Crippen molar-refractivity contribution < 1.29 is 14.3 Å². The molecule has 0 unspecified atom stereocenters. The van der Waals surface area contributed by atoms with Gasteiger partial charge in [0.05, 0.1) is 48.9 Å². The van der Waals surface area contributed by atoms with Crippen molar-refractivity contribution in [3.63, 3.8) is 0 Å². The normalized spacial score (nSPS) is 11.3. The van der Waals surface area contributed by atoms with Crippen molar-refractivity contribution in [3.8, 4) is 22.9 Å². The van der Waals surface area contributed by atoms with E-state index < -0.39 is 0 Å². The number of fused-ring (bicyclic) bond motifs is 1. The zero-order valence-corrected chi connectivity index (χ0v) is 24.2. The highest BCUT2D eigenvalue weighted by atomic mass is 35.5. The summed E-state index contributed by atoms with van der Waals surface area (Å²) in [5.74, 6) is 2.25. The Kier molecular flexibility index (Phi) is 8.49. The number of hydrogen-bond acceptors (Lipinski definition) is 7. The lowest BCUT2D eigenvalue weighted by molar-refractivity contribution is 0.0729. The molecule has 0 saturated heterocycles. The van der Waals surface area contributed by atoms with Crippen molar-refractivity contribution in [2.75, 3.05) is 20.8 Å². The molecule has 5 aromatic rings. The van der Waals surface area contributed by atoms with E-state index in [9.17, 15) is 4.79 Å². The number of carbonyl (C=O) groups is 1. The number of aromatic nitrogens is 6. The fourth-order valence-corrected chi connectivity index (χ4v) is 5.12. The maximum absolute atomic E-state index is 14.0. The summed E-state index contributed by atoms with van der Waals surface area (Å²) in [6.07, 6.45) is 0.817. The summed E-state index contributed by atoms with van der Waals surface area (Å²) in [6.45, 7) is 5.59. The van der Waals surface area contributed by atoms with E-state index in [-0.39, 0.29) is 17.5 Å². The van der Waals surface area contributed by atoms with Crippen molar-refractivity contribution >= 4 is 28.5 Å². The second-order valence-corrected chi connectivity index (χ2v) is 10.4. The van der Waals surface area contributed by atoms with Crippen LogP contribution in [-0.4, -0.2) is 61.7 Å². The van der Waals surface area contributed by atoms with Gasteiger partial charge in [0, 0.05) is 12.1 Å². The Morgan fingerprint density at radius 2 is 1.83 bits per heavy atom. The Morgan fingerprint density at radius 1 is 1.05 bits per heavy atom. The van der Waals surface area contributed by atoms with Gasteiger partial charge in [-0.2, -0.15) is 5.21 Å². The number of para-hydroxylation sites is 2. The first-order valence-electron chi connectivity index (χ1n) is 13.4. The molecule has 212 valence electrons. The average Bonchev–Trinajstić information content (AvgIpc) is 3.63. The largest absolute Gasteiger partial charge is 0.493 e. The number of halogens is 1. The van der Waals surface area contributed by atoms with Gasteiger partial charge in [0.25, 0.3) is 5.91 Å². The van der Waals surface area contributed by atoms with Gasteiger partial charge in [-0.05, 0) is 47.4 Å². The first kappa shape index (κ1) is 28.1. The zero-order chi connectivity index (χ0) is 28.9. The van der Waals surface area contributed by atoms with Gasteiger partial charge in [0.15, 0.2) is 11.5 Å². The number of nitrogens with one attached hydrogen (secondary N) is 1. The van der Waals surface area contributed by atoms with Crippen LogP contribution in [0.2, 0.25) is 5.02 Å². The lowest BCUT2D eigenvalue weighted by atomic mass is 10.1. The maximum Gasteiger partial charge on any atom is 0.255 e. The summed E-state index contributed by atoms with van der Waals surface area (Å²) in [5, 5.41) is 14.8. The SMILES string of the molecule is COc1ccc(C(=O)N(CCC(C)C)Cc2nc3ccccc3n2Cc2ccccc2-c2nn[nH]n2)c(Cl)c1OC. The van der Waals surface area contributed by atoms with Crippen LogP contribution in [0.5, 0.6) is 11.5 Å². The number of hydrogen-bond donors (Lipinski definition) is 1. The fraction of sp³-hybridized carbons (Fsp3) is 0.300. The predicted octanol–water partition coefficient (Wildman–Crippen LogP) is 5.62. The van der Waals surface area contributed by atoms with Gasteiger partial charge in [-0.1, -0.05) is 61.8 Å². The Morgan fingerprint density at radius 3 is 2.56 bits per heavy atom. The van der Waals surface area contributed by atoms with Crippen LogP contribution in [0.15, 0.2) is 60.7 Å². The van der Waals surface area contributed by atoms with E-state index in [1.807, 2.05) is 48.5 Å². The van der Waals surface area contributed by atoms with Crippen LogP contribution in [0, 0.1) is 5.92 Å². The zero-order valence-electron chi connectivity index (χ0n) is 23.5. The van der Waals surface area contributed by atoms with Gasteiger partial charge in [-0.3, -0.25) is 4.79 Å². The smallest absolute Gasteiger partial charge is 0.255 e. The van der Waals surface area contributed by atoms with Crippen molar-refractivity contribution in [3.05, 3.63) is 82.6 Å². The number of ether oxygens (including phenoxy) is 2. The summed E-state index contributed by atoms with van der Waals surface area (Å²) in [6, 6.07) is 19.3. The molecule has 2 aromatic heterocycles. The van der Waals surface area contributed by atoms with E-state index in [4.69, 9.17) is 26.1 Å². The molecule has 0 aliphatic carbocycles. The fourth-order valence-electron chi connectivity index (χ4n) is 4.81. The van der Waals surface area contributed by atoms with E-state index >= 15 is 0 Å². The lowest BCUT2D eigenvalue weighted by Gasteiger charge is -2.25. The van der Waals surface area contributed by atoms with Gasteiger partial charge in [0.2, 0.25) is 5.82 Å². The van der Waals surface area contributed by atoms with Gasteiger partial charge in [-0.15, -0.1) is 10.2 Å². The van der Waals surface area contributed by atoms with Gasteiger partial charge in [0.1, 0.15) is 5.82 Å². The quantitative estimate of drug-likeness (QED) is 0.218. The van der Waals surface area contributed by atoms with Crippen LogP contribution in [0.25, 0.3) is 22.4 Å². The van der Waals surface area contributed by atoms with Crippen molar-refractivity contribution in [2.24, 2.45) is 5.92 Å². The lowest BCUT2D eigenvalue weighted by Crippen LogP contribution is -2.33. The number of H-pyrrole nitrogens is 1. The van der Waals surface area contributed by atoms with Gasteiger partial charge in [-0.25, -0.2) is 4.98 Å². The third-order valence-corrected chi connectivity index (χ3v) is 7.35. The molecule has 0 radical (unpaired) electrons. The predicted molar refractivity (Wildman–Crippen MR) is 157 cm³/mol. The van der Waals surface area contributed by atoms with Crippen molar-refractivity contribution in [1.82, 2.24) is 35.1 Å².